The van der Waals surface area contributed by atoms with Crippen molar-refractivity contribution in [1.29, 1.82) is 0 Å². The second kappa shape index (κ2) is 35.2. The molecule has 0 aliphatic heterocycles. The van der Waals surface area contributed by atoms with Crippen molar-refractivity contribution in [3.05, 3.63) is 0 Å². The van der Waals surface area contributed by atoms with Crippen molar-refractivity contribution in [2.45, 2.75) is 205 Å². The zero-order valence-corrected chi connectivity index (χ0v) is 32.6. The van der Waals surface area contributed by atoms with E-state index in [0.717, 1.165) is 38.5 Å². The number of rotatable bonds is 34. The molecular formula is C36H69NaO7S. The zero-order chi connectivity index (χ0) is 32.6. The first-order valence-electron chi connectivity index (χ1n) is 18.6. The standard InChI is InChI=1S/C36H70O7S.Na/c1-3-5-7-9-11-13-15-17-19-21-23-25-27-29-31-42-35(37)33-34(44(39,40)41)36(38)43-32-30-28-26-24-22-20-18-16-14-12-10-8-6-4-2;/h34H,3-33H2,1-2H3,(H,39,40,41);/q;+1/p-1. The molecule has 0 bridgehead atoms. The van der Waals surface area contributed by atoms with Crippen LogP contribution in [-0.2, 0) is 29.2 Å². The molecule has 0 amide bonds. The summed E-state index contributed by atoms with van der Waals surface area (Å²) in [6, 6.07) is 0. The van der Waals surface area contributed by atoms with Crippen LogP contribution in [0.5, 0.6) is 0 Å². The van der Waals surface area contributed by atoms with Gasteiger partial charge in [0.05, 0.1) is 19.6 Å². The van der Waals surface area contributed by atoms with Crippen LogP contribution in [0.4, 0.5) is 0 Å². The molecule has 0 fully saturated rings. The third-order valence-electron chi connectivity index (χ3n) is 8.47. The second-order valence-electron chi connectivity index (χ2n) is 12.8. The number of unbranched alkanes of at least 4 members (excludes halogenated alkanes) is 26. The van der Waals surface area contributed by atoms with Gasteiger partial charge in [0.25, 0.3) is 0 Å². The van der Waals surface area contributed by atoms with Gasteiger partial charge in [-0.05, 0) is 12.8 Å². The first-order valence-corrected chi connectivity index (χ1v) is 20.1. The molecule has 0 aromatic carbocycles. The van der Waals surface area contributed by atoms with Crippen LogP contribution >= 0.6 is 0 Å². The summed E-state index contributed by atoms with van der Waals surface area (Å²) in [5, 5.41) is -2.04. The van der Waals surface area contributed by atoms with Crippen molar-refractivity contribution >= 4 is 22.1 Å². The molecule has 45 heavy (non-hydrogen) atoms. The topological polar surface area (TPSA) is 110 Å². The predicted octanol–water partition coefficient (Wildman–Crippen LogP) is 7.34. The van der Waals surface area contributed by atoms with Crippen molar-refractivity contribution in [2.24, 2.45) is 0 Å². The van der Waals surface area contributed by atoms with Gasteiger partial charge < -0.3 is 14.0 Å². The van der Waals surface area contributed by atoms with Gasteiger partial charge >= 0.3 is 41.5 Å². The van der Waals surface area contributed by atoms with Gasteiger partial charge in [0.2, 0.25) is 0 Å². The summed E-state index contributed by atoms with van der Waals surface area (Å²) in [5.41, 5.74) is 0. The summed E-state index contributed by atoms with van der Waals surface area (Å²) in [6.07, 6.45) is 33.1. The first kappa shape index (κ1) is 47.0. The Morgan fingerprint density at radius 2 is 0.756 bits per heavy atom. The van der Waals surface area contributed by atoms with E-state index >= 15 is 0 Å². The number of ether oxygens (including phenoxy) is 2. The van der Waals surface area contributed by atoms with E-state index in [1.165, 1.54) is 128 Å². The summed E-state index contributed by atoms with van der Waals surface area (Å²) in [6.45, 7) is 4.70. The first-order chi connectivity index (χ1) is 21.3. The van der Waals surface area contributed by atoms with Crippen molar-refractivity contribution in [1.82, 2.24) is 0 Å². The van der Waals surface area contributed by atoms with E-state index in [1.54, 1.807) is 0 Å². The Kier molecular flexibility index (Phi) is 36.7. The fourth-order valence-electron chi connectivity index (χ4n) is 5.56. The van der Waals surface area contributed by atoms with Crippen molar-refractivity contribution in [3.8, 4) is 0 Å². The molecule has 262 valence electrons. The largest absolute Gasteiger partial charge is 1.00 e. The maximum absolute atomic E-state index is 12.3. The van der Waals surface area contributed by atoms with E-state index in [-0.39, 0.29) is 42.8 Å². The minimum Gasteiger partial charge on any atom is -0.747 e. The van der Waals surface area contributed by atoms with E-state index in [1.807, 2.05) is 0 Å². The van der Waals surface area contributed by atoms with Crippen LogP contribution < -0.4 is 29.6 Å². The van der Waals surface area contributed by atoms with Crippen LogP contribution in [0.2, 0.25) is 0 Å². The molecule has 0 aromatic rings. The molecule has 0 rings (SSSR count). The molecule has 0 spiro atoms. The maximum atomic E-state index is 12.3. The molecule has 0 radical (unpaired) electrons. The van der Waals surface area contributed by atoms with Crippen LogP contribution in [0.3, 0.4) is 0 Å². The van der Waals surface area contributed by atoms with Crippen molar-refractivity contribution < 1.29 is 61.6 Å². The summed E-state index contributed by atoms with van der Waals surface area (Å²) in [7, 11) is -5.02. The third-order valence-corrected chi connectivity index (χ3v) is 9.52. The van der Waals surface area contributed by atoms with E-state index < -0.39 is 33.7 Å². The molecule has 0 aliphatic rings. The third kappa shape index (κ3) is 33.5. The van der Waals surface area contributed by atoms with Gasteiger partial charge in [-0.25, -0.2) is 8.42 Å². The molecule has 0 heterocycles. The zero-order valence-electron chi connectivity index (χ0n) is 29.8. The number of hydrogen-bond acceptors (Lipinski definition) is 7. The van der Waals surface area contributed by atoms with Crippen LogP contribution in [0.1, 0.15) is 200 Å². The smallest absolute Gasteiger partial charge is 0.747 e. The minimum absolute atomic E-state index is 0. The van der Waals surface area contributed by atoms with E-state index in [4.69, 9.17) is 9.47 Å². The Bertz CT molecular complexity index is 761. The number of hydrogen-bond donors (Lipinski definition) is 0. The van der Waals surface area contributed by atoms with Gasteiger partial charge in [0.15, 0.2) is 5.25 Å². The quantitative estimate of drug-likeness (QED) is 0.0305. The minimum atomic E-state index is -5.02. The number of carbonyl (C=O) groups excluding carboxylic acids is 2. The Labute approximate surface area is 300 Å². The summed E-state index contributed by atoms with van der Waals surface area (Å²) >= 11 is 0. The van der Waals surface area contributed by atoms with E-state index in [2.05, 4.69) is 13.8 Å². The van der Waals surface area contributed by atoms with Gasteiger partial charge in [0.1, 0.15) is 10.1 Å². The molecule has 7 nitrogen and oxygen atoms in total. The Hall–Kier alpha value is -0.150. The maximum Gasteiger partial charge on any atom is 1.00 e. The van der Waals surface area contributed by atoms with Gasteiger partial charge in [-0.1, -0.05) is 181 Å². The Morgan fingerprint density at radius 3 is 1.04 bits per heavy atom. The molecule has 1 atom stereocenters. The van der Waals surface area contributed by atoms with E-state index in [0.29, 0.717) is 12.8 Å². The predicted molar refractivity (Wildman–Crippen MR) is 181 cm³/mol. The van der Waals surface area contributed by atoms with Gasteiger partial charge in [-0.3, -0.25) is 9.59 Å². The van der Waals surface area contributed by atoms with Crippen LogP contribution in [-0.4, -0.2) is 43.4 Å². The molecule has 0 aromatic heterocycles. The number of esters is 2. The van der Waals surface area contributed by atoms with Gasteiger partial charge in [0, 0.05) is 0 Å². The number of carbonyl (C=O) groups is 2. The molecule has 0 saturated heterocycles. The molecule has 1 unspecified atom stereocenters. The molecule has 0 N–H and O–H groups in total. The molecule has 0 aliphatic carbocycles. The average Bonchev–Trinajstić information content (AvgIpc) is 2.99. The van der Waals surface area contributed by atoms with Crippen molar-refractivity contribution in [3.63, 3.8) is 0 Å². The monoisotopic (exact) mass is 668 g/mol. The van der Waals surface area contributed by atoms with Crippen molar-refractivity contribution in [2.75, 3.05) is 13.2 Å². The molecule has 9 heteroatoms. The van der Waals surface area contributed by atoms with E-state index in [9.17, 15) is 22.6 Å². The second-order valence-corrected chi connectivity index (χ2v) is 14.3. The Morgan fingerprint density at radius 1 is 0.489 bits per heavy atom. The summed E-state index contributed by atoms with van der Waals surface area (Å²) < 4.78 is 45.0. The van der Waals surface area contributed by atoms with Crippen LogP contribution in [0.15, 0.2) is 0 Å². The average molecular weight is 669 g/mol. The SMILES string of the molecule is CCCCCCCCCCCCCCCCOC(=O)CC(C(=O)OCCCCCCCCCCCCCCCC)S(=O)(=O)[O-].[Na+]. The molecular weight excluding hydrogens is 599 g/mol. The fourth-order valence-corrected chi connectivity index (χ4v) is 6.20. The summed E-state index contributed by atoms with van der Waals surface area (Å²) in [5.74, 6) is -2.00. The van der Waals surface area contributed by atoms with Gasteiger partial charge in [-0.2, -0.15) is 0 Å². The molecule has 0 saturated carbocycles. The van der Waals surface area contributed by atoms with Gasteiger partial charge in [-0.15, -0.1) is 0 Å². The van der Waals surface area contributed by atoms with Crippen LogP contribution in [0, 0.1) is 0 Å². The normalized spacial score (nSPS) is 12.1. The fraction of sp³-hybridized carbons (Fsp3) is 0.944. The Balaban J connectivity index is 0. The summed E-state index contributed by atoms with van der Waals surface area (Å²) in [4.78, 5) is 24.4. The van der Waals surface area contributed by atoms with Crippen LogP contribution in [0.25, 0.3) is 0 Å².